The van der Waals surface area contributed by atoms with E-state index < -0.39 is 0 Å². The van der Waals surface area contributed by atoms with Gasteiger partial charge >= 0.3 is 0 Å². The number of aliphatic hydroxyl groups excluding tert-OH is 1. The number of aliphatic hydroxyl groups is 1. The largest absolute Gasteiger partial charge is 0.393 e. The lowest BCUT2D eigenvalue weighted by atomic mass is 9.78. The molecule has 1 aliphatic carbocycles. The van der Waals surface area contributed by atoms with Crippen LogP contribution in [0.3, 0.4) is 0 Å². The molecule has 2 heteroatoms. The fourth-order valence-corrected chi connectivity index (χ4v) is 2.42. The van der Waals surface area contributed by atoms with Crippen LogP contribution in [0.25, 0.3) is 0 Å². The lowest BCUT2D eigenvalue weighted by Crippen LogP contribution is -2.27. The maximum absolute atomic E-state index is 9.87. The van der Waals surface area contributed by atoms with Crippen molar-refractivity contribution < 1.29 is 9.84 Å². The molecule has 3 unspecified atom stereocenters. The Kier molecular flexibility index (Phi) is 3.36. The Morgan fingerprint density at radius 3 is 2.31 bits per heavy atom. The highest BCUT2D eigenvalue weighted by atomic mass is 16.5. The summed E-state index contributed by atoms with van der Waals surface area (Å²) in [6.07, 6.45) is 1.90. The van der Waals surface area contributed by atoms with E-state index in [9.17, 15) is 5.11 Å². The first-order valence-corrected chi connectivity index (χ1v) is 5.12. The summed E-state index contributed by atoms with van der Waals surface area (Å²) in [4.78, 5) is 0. The molecule has 1 rings (SSSR count). The highest BCUT2D eigenvalue weighted by molar-refractivity contribution is 4.89. The van der Waals surface area contributed by atoms with Gasteiger partial charge in [-0.2, -0.15) is 0 Å². The molecule has 0 aliphatic heterocycles. The normalized spacial score (nSPS) is 35.3. The van der Waals surface area contributed by atoms with E-state index in [1.807, 2.05) is 0 Å². The van der Waals surface area contributed by atoms with Crippen LogP contribution >= 0.6 is 0 Å². The van der Waals surface area contributed by atoms with Gasteiger partial charge in [0.1, 0.15) is 0 Å². The number of rotatable bonds is 2. The third kappa shape index (κ3) is 2.68. The third-order valence-electron chi connectivity index (χ3n) is 3.14. The number of hydrogen-bond acceptors (Lipinski definition) is 2. The summed E-state index contributed by atoms with van der Waals surface area (Å²) in [5, 5.41) is 9.87. The molecule has 0 aromatic heterocycles. The predicted molar refractivity (Wildman–Crippen MR) is 53.6 cm³/mol. The Morgan fingerprint density at radius 1 is 1.31 bits per heavy atom. The molecule has 1 fully saturated rings. The summed E-state index contributed by atoms with van der Waals surface area (Å²) in [6.45, 7) is 7.41. The molecule has 0 bridgehead atoms. The van der Waals surface area contributed by atoms with Gasteiger partial charge in [-0.3, -0.25) is 0 Å². The van der Waals surface area contributed by atoms with E-state index in [0.717, 1.165) is 19.4 Å². The summed E-state index contributed by atoms with van der Waals surface area (Å²) in [7, 11) is 1.73. The van der Waals surface area contributed by atoms with Crippen molar-refractivity contribution in [3.8, 4) is 0 Å². The van der Waals surface area contributed by atoms with Crippen LogP contribution in [0.1, 0.15) is 33.6 Å². The maximum Gasteiger partial charge on any atom is 0.0577 e. The molecule has 78 valence electrons. The molecule has 0 radical (unpaired) electrons. The Labute approximate surface area is 81.3 Å². The molecule has 0 aromatic carbocycles. The summed E-state index contributed by atoms with van der Waals surface area (Å²) in [5.41, 5.74) is 0.224. The van der Waals surface area contributed by atoms with Gasteiger partial charge in [-0.1, -0.05) is 20.8 Å². The van der Waals surface area contributed by atoms with Crippen molar-refractivity contribution in [2.75, 3.05) is 13.7 Å². The summed E-state index contributed by atoms with van der Waals surface area (Å²) in [5.74, 6) is 0.997. The number of hydrogen-bond donors (Lipinski definition) is 1. The monoisotopic (exact) mass is 186 g/mol. The van der Waals surface area contributed by atoms with Crippen LogP contribution in [0.15, 0.2) is 0 Å². The topological polar surface area (TPSA) is 29.5 Å². The molecule has 1 saturated carbocycles. The quantitative estimate of drug-likeness (QED) is 0.715. The molecule has 0 aromatic rings. The summed E-state index contributed by atoms with van der Waals surface area (Å²) < 4.78 is 5.12. The van der Waals surface area contributed by atoms with Gasteiger partial charge in [0.15, 0.2) is 0 Å². The van der Waals surface area contributed by atoms with Crippen molar-refractivity contribution in [1.82, 2.24) is 0 Å². The van der Waals surface area contributed by atoms with Crippen LogP contribution in [-0.2, 0) is 4.74 Å². The van der Waals surface area contributed by atoms with Crippen LogP contribution < -0.4 is 0 Å². The fraction of sp³-hybridized carbons (Fsp3) is 1.00. The predicted octanol–water partition coefficient (Wildman–Crippen LogP) is 2.07. The minimum atomic E-state index is -0.125. The van der Waals surface area contributed by atoms with Gasteiger partial charge in [0, 0.05) is 13.7 Å². The Hall–Kier alpha value is -0.0800. The van der Waals surface area contributed by atoms with Crippen molar-refractivity contribution in [3.05, 3.63) is 0 Å². The summed E-state index contributed by atoms with van der Waals surface area (Å²) in [6, 6.07) is 0. The molecule has 0 amide bonds. The maximum atomic E-state index is 9.87. The Balaban J connectivity index is 2.51. The van der Waals surface area contributed by atoms with Gasteiger partial charge in [-0.15, -0.1) is 0 Å². The van der Waals surface area contributed by atoms with Crippen molar-refractivity contribution in [2.45, 2.75) is 39.7 Å². The molecule has 2 nitrogen and oxygen atoms in total. The second-order valence-corrected chi connectivity index (χ2v) is 5.33. The van der Waals surface area contributed by atoms with Gasteiger partial charge in [0.2, 0.25) is 0 Å². The smallest absolute Gasteiger partial charge is 0.0577 e. The highest BCUT2D eigenvalue weighted by Crippen LogP contribution is 2.42. The van der Waals surface area contributed by atoms with Crippen LogP contribution in [-0.4, -0.2) is 24.9 Å². The lowest BCUT2D eigenvalue weighted by molar-refractivity contribution is 0.0682. The standard InChI is InChI=1S/C11H22O2/c1-11(2,3)9-5-8(7-13-4)6-10(9)12/h8-10,12H,5-7H2,1-4H3. The summed E-state index contributed by atoms with van der Waals surface area (Å²) >= 11 is 0. The minimum absolute atomic E-state index is 0.125. The molecule has 0 heterocycles. The van der Waals surface area contributed by atoms with E-state index in [0.29, 0.717) is 11.8 Å². The van der Waals surface area contributed by atoms with E-state index in [-0.39, 0.29) is 11.5 Å². The molecule has 0 spiro atoms. The van der Waals surface area contributed by atoms with Crippen molar-refractivity contribution in [1.29, 1.82) is 0 Å². The second kappa shape index (κ2) is 3.97. The second-order valence-electron chi connectivity index (χ2n) is 5.33. The van der Waals surface area contributed by atoms with Gasteiger partial charge in [0.25, 0.3) is 0 Å². The van der Waals surface area contributed by atoms with Gasteiger partial charge in [-0.05, 0) is 30.1 Å². The van der Waals surface area contributed by atoms with Crippen LogP contribution in [0, 0.1) is 17.3 Å². The average molecular weight is 186 g/mol. The molecule has 0 saturated heterocycles. The van der Waals surface area contributed by atoms with Crippen LogP contribution in [0.2, 0.25) is 0 Å². The molecule has 13 heavy (non-hydrogen) atoms. The van der Waals surface area contributed by atoms with E-state index in [2.05, 4.69) is 20.8 Å². The lowest BCUT2D eigenvalue weighted by Gasteiger charge is -2.29. The van der Waals surface area contributed by atoms with E-state index in [4.69, 9.17) is 4.74 Å². The van der Waals surface area contributed by atoms with Gasteiger partial charge in [0.05, 0.1) is 6.10 Å². The van der Waals surface area contributed by atoms with E-state index in [1.54, 1.807) is 7.11 Å². The van der Waals surface area contributed by atoms with Crippen molar-refractivity contribution in [3.63, 3.8) is 0 Å². The highest BCUT2D eigenvalue weighted by Gasteiger charge is 2.39. The first-order valence-electron chi connectivity index (χ1n) is 5.12. The zero-order chi connectivity index (χ0) is 10.1. The molecular weight excluding hydrogens is 164 g/mol. The minimum Gasteiger partial charge on any atom is -0.393 e. The molecule has 1 aliphatic rings. The third-order valence-corrected chi connectivity index (χ3v) is 3.14. The van der Waals surface area contributed by atoms with Crippen molar-refractivity contribution >= 4 is 0 Å². The Morgan fingerprint density at radius 2 is 1.92 bits per heavy atom. The number of methoxy groups -OCH3 is 1. The average Bonchev–Trinajstić information content (AvgIpc) is 2.30. The van der Waals surface area contributed by atoms with Crippen LogP contribution in [0.4, 0.5) is 0 Å². The fourth-order valence-electron chi connectivity index (χ4n) is 2.42. The van der Waals surface area contributed by atoms with E-state index in [1.165, 1.54) is 0 Å². The van der Waals surface area contributed by atoms with Crippen LogP contribution in [0.5, 0.6) is 0 Å². The Bertz CT molecular complexity index is 160. The molecule has 3 atom stereocenters. The zero-order valence-corrected chi connectivity index (χ0v) is 9.21. The first kappa shape index (κ1) is 11.0. The first-order chi connectivity index (χ1) is 5.95. The van der Waals surface area contributed by atoms with Crippen molar-refractivity contribution in [2.24, 2.45) is 17.3 Å². The van der Waals surface area contributed by atoms with Gasteiger partial charge in [-0.25, -0.2) is 0 Å². The molecule has 1 N–H and O–H groups in total. The number of ether oxygens (including phenoxy) is 1. The van der Waals surface area contributed by atoms with Gasteiger partial charge < -0.3 is 9.84 Å². The molecular formula is C11H22O2. The SMILES string of the molecule is COCC1CC(O)C(C(C)(C)C)C1. The zero-order valence-electron chi connectivity index (χ0n) is 9.21. The van der Waals surface area contributed by atoms with E-state index >= 15 is 0 Å².